The van der Waals surface area contributed by atoms with Gasteiger partial charge in [-0.15, -0.1) is 0 Å². The van der Waals surface area contributed by atoms with Crippen LogP contribution in [0, 0.1) is 5.92 Å². The highest BCUT2D eigenvalue weighted by atomic mass is 16.4. The number of carbonyl (C=O) groups is 4. The van der Waals surface area contributed by atoms with Crippen molar-refractivity contribution in [3.8, 4) is 0 Å². The van der Waals surface area contributed by atoms with Crippen LogP contribution in [0.1, 0.15) is 27.2 Å². The van der Waals surface area contributed by atoms with Gasteiger partial charge in [-0.1, -0.05) is 20.3 Å². The average Bonchev–Trinajstić information content (AvgIpc) is 2.61. The monoisotopic (exact) mass is 376 g/mol. The molecular formula is C15H28N4O7. The number of carboxylic acids is 1. The minimum atomic E-state index is -1.57. The van der Waals surface area contributed by atoms with Gasteiger partial charge in [-0.05, 0) is 12.8 Å². The normalized spacial score (nSPS) is 16.5. The molecule has 0 rings (SSSR count). The molecule has 5 atom stereocenters. The van der Waals surface area contributed by atoms with Crippen LogP contribution in [0.3, 0.4) is 0 Å². The van der Waals surface area contributed by atoms with Gasteiger partial charge in [-0.2, -0.15) is 0 Å². The number of carboxylic acid groups (broad SMARTS) is 1. The largest absolute Gasteiger partial charge is 0.480 e. The topological polar surface area (TPSA) is 191 Å². The molecule has 0 spiro atoms. The second kappa shape index (κ2) is 11.4. The summed E-state index contributed by atoms with van der Waals surface area (Å²) >= 11 is 0. The highest BCUT2D eigenvalue weighted by Crippen LogP contribution is 2.05. The van der Waals surface area contributed by atoms with Gasteiger partial charge in [0, 0.05) is 0 Å². The first-order chi connectivity index (χ1) is 12.1. The Morgan fingerprint density at radius 1 is 0.885 bits per heavy atom. The smallest absolute Gasteiger partial charge is 0.328 e. The zero-order valence-corrected chi connectivity index (χ0v) is 15.1. The van der Waals surface area contributed by atoms with E-state index in [4.69, 9.17) is 15.9 Å². The van der Waals surface area contributed by atoms with Crippen molar-refractivity contribution in [2.24, 2.45) is 11.7 Å². The third kappa shape index (κ3) is 7.33. The van der Waals surface area contributed by atoms with E-state index < -0.39 is 61.1 Å². The number of aliphatic hydroxyl groups excluding tert-OH is 2. The number of amides is 3. The van der Waals surface area contributed by atoms with Gasteiger partial charge in [-0.25, -0.2) is 4.79 Å². The van der Waals surface area contributed by atoms with Crippen LogP contribution in [0.2, 0.25) is 0 Å². The van der Waals surface area contributed by atoms with Crippen molar-refractivity contribution < 1.29 is 34.5 Å². The summed E-state index contributed by atoms with van der Waals surface area (Å²) in [5, 5.41) is 33.5. The first-order valence-corrected chi connectivity index (χ1v) is 8.20. The van der Waals surface area contributed by atoms with Crippen LogP contribution >= 0.6 is 0 Å². The van der Waals surface area contributed by atoms with E-state index in [0.717, 1.165) is 0 Å². The number of carbonyl (C=O) groups excluding carboxylic acids is 3. The molecule has 0 aliphatic carbocycles. The Kier molecular flexibility index (Phi) is 10.4. The van der Waals surface area contributed by atoms with Crippen LogP contribution in [0.25, 0.3) is 0 Å². The van der Waals surface area contributed by atoms with Gasteiger partial charge in [0.25, 0.3) is 0 Å². The standard InChI is InChI=1S/C15H28N4O7/c1-4-7(2)11(16)14(24)17-8(3)12(22)18-9(5-20)13(23)19-10(6-21)15(25)26/h7-11,20-21H,4-6,16H2,1-3H3,(H,17,24)(H,18,22)(H,19,23)(H,25,26). The molecule has 0 saturated heterocycles. The molecule has 8 N–H and O–H groups in total. The Bertz CT molecular complexity index is 514. The lowest BCUT2D eigenvalue weighted by molar-refractivity contribution is -0.143. The van der Waals surface area contributed by atoms with Crippen LogP contribution in [0.4, 0.5) is 0 Å². The predicted molar refractivity (Wildman–Crippen MR) is 90.7 cm³/mol. The molecule has 0 bridgehead atoms. The highest BCUT2D eigenvalue weighted by Gasteiger charge is 2.28. The number of nitrogens with two attached hydrogens (primary N) is 1. The molecule has 26 heavy (non-hydrogen) atoms. The molecule has 0 heterocycles. The lowest BCUT2D eigenvalue weighted by Gasteiger charge is -2.23. The molecule has 11 nitrogen and oxygen atoms in total. The molecule has 0 fully saturated rings. The molecule has 0 radical (unpaired) electrons. The second-order valence-corrected chi connectivity index (χ2v) is 5.97. The van der Waals surface area contributed by atoms with Crippen LogP contribution < -0.4 is 21.7 Å². The van der Waals surface area contributed by atoms with Crippen LogP contribution in [-0.2, 0) is 19.2 Å². The van der Waals surface area contributed by atoms with Gasteiger partial charge < -0.3 is 37.0 Å². The summed E-state index contributed by atoms with van der Waals surface area (Å²) < 4.78 is 0. The van der Waals surface area contributed by atoms with Crippen molar-refractivity contribution in [1.82, 2.24) is 16.0 Å². The maximum Gasteiger partial charge on any atom is 0.328 e. The minimum absolute atomic E-state index is 0.0901. The second-order valence-electron chi connectivity index (χ2n) is 5.97. The van der Waals surface area contributed by atoms with Crippen LogP contribution in [0.5, 0.6) is 0 Å². The molecule has 0 aromatic carbocycles. The third-order valence-electron chi connectivity index (χ3n) is 3.92. The van der Waals surface area contributed by atoms with E-state index in [1.54, 1.807) is 6.92 Å². The lowest BCUT2D eigenvalue weighted by atomic mass is 9.99. The number of nitrogens with one attached hydrogen (secondary N) is 3. The lowest BCUT2D eigenvalue weighted by Crippen LogP contribution is -2.58. The molecule has 0 aliphatic rings. The Hall–Kier alpha value is -2.24. The minimum Gasteiger partial charge on any atom is -0.480 e. The Morgan fingerprint density at radius 2 is 1.38 bits per heavy atom. The Morgan fingerprint density at radius 3 is 1.81 bits per heavy atom. The summed E-state index contributed by atoms with van der Waals surface area (Å²) in [5.74, 6) is -3.84. The van der Waals surface area contributed by atoms with E-state index in [0.29, 0.717) is 6.42 Å². The molecule has 0 aromatic heterocycles. The number of aliphatic hydroxyl groups is 2. The van der Waals surface area contributed by atoms with E-state index in [9.17, 15) is 24.3 Å². The van der Waals surface area contributed by atoms with E-state index in [-0.39, 0.29) is 5.92 Å². The molecule has 5 unspecified atom stereocenters. The van der Waals surface area contributed by atoms with Crippen LogP contribution in [0.15, 0.2) is 0 Å². The van der Waals surface area contributed by atoms with Gasteiger partial charge in [0.15, 0.2) is 0 Å². The molecule has 0 aromatic rings. The van der Waals surface area contributed by atoms with Gasteiger partial charge >= 0.3 is 5.97 Å². The van der Waals surface area contributed by atoms with Crippen molar-refractivity contribution in [3.63, 3.8) is 0 Å². The first-order valence-electron chi connectivity index (χ1n) is 8.20. The third-order valence-corrected chi connectivity index (χ3v) is 3.92. The fourth-order valence-electron chi connectivity index (χ4n) is 1.84. The zero-order chi connectivity index (χ0) is 20.4. The number of hydrogen-bond donors (Lipinski definition) is 7. The van der Waals surface area contributed by atoms with Gasteiger partial charge in [0.1, 0.15) is 18.1 Å². The number of aliphatic carboxylic acids is 1. The maximum absolute atomic E-state index is 12.1. The highest BCUT2D eigenvalue weighted by molar-refractivity contribution is 5.94. The Balaban J connectivity index is 4.76. The maximum atomic E-state index is 12.1. The quantitative estimate of drug-likeness (QED) is 0.197. The Labute approximate surface area is 151 Å². The molecular weight excluding hydrogens is 348 g/mol. The van der Waals surface area contributed by atoms with Crippen molar-refractivity contribution in [3.05, 3.63) is 0 Å². The molecule has 3 amide bonds. The molecule has 0 saturated carbocycles. The van der Waals surface area contributed by atoms with E-state index in [1.165, 1.54) is 6.92 Å². The summed E-state index contributed by atoms with van der Waals surface area (Å²) in [7, 11) is 0. The summed E-state index contributed by atoms with van der Waals surface area (Å²) in [6.45, 7) is 3.38. The number of rotatable bonds is 11. The summed E-state index contributed by atoms with van der Waals surface area (Å²) in [6, 6.07) is -4.85. The van der Waals surface area contributed by atoms with E-state index >= 15 is 0 Å². The molecule has 11 heteroatoms. The van der Waals surface area contributed by atoms with Crippen molar-refractivity contribution >= 4 is 23.7 Å². The predicted octanol–water partition coefficient (Wildman–Crippen LogP) is -3.10. The summed E-state index contributed by atoms with van der Waals surface area (Å²) in [5.41, 5.74) is 5.77. The van der Waals surface area contributed by atoms with Crippen LogP contribution in [-0.4, -0.2) is 76.4 Å². The van der Waals surface area contributed by atoms with E-state index in [2.05, 4.69) is 10.6 Å². The molecule has 0 aliphatic heterocycles. The van der Waals surface area contributed by atoms with Crippen molar-refractivity contribution in [2.45, 2.75) is 51.4 Å². The van der Waals surface area contributed by atoms with Gasteiger partial charge in [0.05, 0.1) is 19.3 Å². The number of hydrogen-bond acceptors (Lipinski definition) is 7. The molecule has 150 valence electrons. The zero-order valence-electron chi connectivity index (χ0n) is 15.1. The summed E-state index contributed by atoms with van der Waals surface area (Å²) in [4.78, 5) is 46.7. The van der Waals surface area contributed by atoms with E-state index in [1.807, 2.05) is 12.2 Å². The van der Waals surface area contributed by atoms with Gasteiger partial charge in [0.2, 0.25) is 17.7 Å². The fraction of sp³-hybridized carbons (Fsp3) is 0.733. The fourth-order valence-corrected chi connectivity index (χ4v) is 1.84. The summed E-state index contributed by atoms with van der Waals surface area (Å²) in [6.07, 6.45) is 0.678. The SMILES string of the molecule is CCC(C)C(N)C(=O)NC(C)C(=O)NC(CO)C(=O)NC(CO)C(=O)O. The van der Waals surface area contributed by atoms with Crippen molar-refractivity contribution in [1.29, 1.82) is 0 Å². The van der Waals surface area contributed by atoms with Gasteiger partial charge in [-0.3, -0.25) is 14.4 Å². The first kappa shape index (κ1) is 23.8. The average molecular weight is 376 g/mol. The van der Waals surface area contributed by atoms with Crippen molar-refractivity contribution in [2.75, 3.05) is 13.2 Å².